The average Bonchev–Trinajstić information content (AvgIpc) is 3.07. The minimum atomic E-state index is -0.899. The van der Waals surface area contributed by atoms with Crippen molar-refractivity contribution in [1.29, 1.82) is 0 Å². The van der Waals surface area contributed by atoms with Gasteiger partial charge in [0.2, 0.25) is 6.79 Å². The third-order valence-electron chi connectivity index (χ3n) is 4.02. The molecule has 0 saturated heterocycles. The summed E-state index contributed by atoms with van der Waals surface area (Å²) in [5.74, 6) is 0.594. The van der Waals surface area contributed by atoms with E-state index in [0.717, 1.165) is 33.7 Å². The number of carbonyl (C=O) groups is 1. The molecule has 0 aliphatic carbocycles. The first-order valence-electron chi connectivity index (χ1n) is 7.92. The number of pyridine rings is 1. The molecule has 4 rings (SSSR count). The van der Waals surface area contributed by atoms with Crippen molar-refractivity contribution in [2.75, 3.05) is 12.1 Å². The number of carboxylic acid groups (broad SMARTS) is 1. The zero-order valence-electron chi connectivity index (χ0n) is 13.4. The highest BCUT2D eigenvalue weighted by molar-refractivity contribution is 5.91. The van der Waals surface area contributed by atoms with E-state index in [-0.39, 0.29) is 13.2 Å². The van der Waals surface area contributed by atoms with Gasteiger partial charge in [-0.15, -0.1) is 0 Å². The lowest BCUT2D eigenvalue weighted by molar-refractivity contribution is -0.136. The van der Waals surface area contributed by atoms with Crippen LogP contribution in [0.5, 0.6) is 11.5 Å². The average molecular weight is 336 g/mol. The maximum Gasteiger partial charge on any atom is 0.309 e. The maximum atomic E-state index is 11.0. The largest absolute Gasteiger partial charge is 0.481 e. The molecule has 3 aromatic rings. The number of aromatic nitrogens is 1. The predicted octanol–water partition coefficient (Wildman–Crippen LogP) is 3.20. The second-order valence-corrected chi connectivity index (χ2v) is 5.79. The molecule has 0 atom stereocenters. The number of fused-ring (bicyclic) bond motifs is 2. The Morgan fingerprint density at radius 1 is 1.12 bits per heavy atom. The number of nitrogens with zero attached hydrogens (tertiary/aromatic N) is 1. The van der Waals surface area contributed by atoms with Gasteiger partial charge in [0.1, 0.15) is 0 Å². The summed E-state index contributed by atoms with van der Waals surface area (Å²) in [6.45, 7) is 0.830. The zero-order chi connectivity index (χ0) is 17.2. The number of aliphatic carboxylic acids is 1. The van der Waals surface area contributed by atoms with Crippen LogP contribution in [0.2, 0.25) is 0 Å². The van der Waals surface area contributed by atoms with Crippen LogP contribution in [-0.2, 0) is 17.8 Å². The zero-order valence-corrected chi connectivity index (χ0v) is 13.4. The molecule has 0 unspecified atom stereocenters. The van der Waals surface area contributed by atoms with Gasteiger partial charge in [0, 0.05) is 17.6 Å². The summed E-state index contributed by atoms with van der Waals surface area (Å²) >= 11 is 0. The number of anilines is 1. The van der Waals surface area contributed by atoms with Crippen LogP contribution in [0, 0.1) is 0 Å². The van der Waals surface area contributed by atoms with E-state index < -0.39 is 5.97 Å². The van der Waals surface area contributed by atoms with Crippen molar-refractivity contribution in [2.45, 2.75) is 13.0 Å². The molecule has 0 bridgehead atoms. The van der Waals surface area contributed by atoms with Gasteiger partial charge in [0.25, 0.3) is 0 Å². The molecule has 0 amide bonds. The molecule has 25 heavy (non-hydrogen) atoms. The minimum absolute atomic E-state index is 0.108. The van der Waals surface area contributed by atoms with Gasteiger partial charge in [0.05, 0.1) is 17.6 Å². The van der Waals surface area contributed by atoms with E-state index in [0.29, 0.717) is 12.2 Å². The second-order valence-electron chi connectivity index (χ2n) is 5.79. The lowest BCUT2D eigenvalue weighted by Gasteiger charge is -2.12. The van der Waals surface area contributed by atoms with E-state index >= 15 is 0 Å². The lowest BCUT2D eigenvalue weighted by atomic mass is 10.1. The molecule has 2 heterocycles. The molecule has 2 N–H and O–H groups in total. The molecule has 2 aromatic carbocycles. The van der Waals surface area contributed by atoms with Gasteiger partial charge in [0.15, 0.2) is 11.5 Å². The maximum absolute atomic E-state index is 11.0. The predicted molar refractivity (Wildman–Crippen MR) is 93.0 cm³/mol. The molecule has 6 nitrogen and oxygen atoms in total. The standard InChI is InChI=1S/C19H16N2O4/c22-19(23)9-13-8-16(14-3-1-2-4-15(14)21-13)20-10-12-5-6-17-18(7-12)25-11-24-17/h1-8H,9-11H2,(H,20,21)(H,22,23). The molecule has 0 saturated carbocycles. The highest BCUT2D eigenvalue weighted by Crippen LogP contribution is 2.33. The normalized spacial score (nSPS) is 12.3. The number of carboxylic acids is 1. The Morgan fingerprint density at radius 3 is 2.84 bits per heavy atom. The molecule has 0 spiro atoms. The summed E-state index contributed by atoms with van der Waals surface area (Å²) in [5, 5.41) is 13.4. The van der Waals surface area contributed by atoms with Gasteiger partial charge in [-0.2, -0.15) is 0 Å². The Hall–Kier alpha value is -3.28. The lowest BCUT2D eigenvalue weighted by Crippen LogP contribution is -2.06. The third-order valence-corrected chi connectivity index (χ3v) is 4.02. The van der Waals surface area contributed by atoms with Crippen LogP contribution >= 0.6 is 0 Å². The van der Waals surface area contributed by atoms with Crippen LogP contribution in [-0.4, -0.2) is 22.9 Å². The highest BCUT2D eigenvalue weighted by atomic mass is 16.7. The van der Waals surface area contributed by atoms with Crippen molar-refractivity contribution in [3.05, 3.63) is 59.8 Å². The van der Waals surface area contributed by atoms with E-state index in [9.17, 15) is 4.79 Å². The van der Waals surface area contributed by atoms with E-state index in [1.54, 1.807) is 6.07 Å². The van der Waals surface area contributed by atoms with Gasteiger partial charge in [-0.05, 0) is 29.8 Å². The monoisotopic (exact) mass is 336 g/mol. The SMILES string of the molecule is O=C(O)Cc1cc(NCc2ccc3c(c2)OCO3)c2ccccc2n1. The van der Waals surface area contributed by atoms with Crippen LogP contribution in [0.4, 0.5) is 5.69 Å². The number of hydrogen-bond donors (Lipinski definition) is 2. The Bertz CT molecular complexity index is 955. The van der Waals surface area contributed by atoms with Crippen LogP contribution < -0.4 is 14.8 Å². The molecule has 1 aromatic heterocycles. The summed E-state index contributed by atoms with van der Waals surface area (Å²) in [4.78, 5) is 15.4. The molecule has 0 fully saturated rings. The topological polar surface area (TPSA) is 80.7 Å². The Labute approximate surface area is 144 Å². The number of hydrogen-bond acceptors (Lipinski definition) is 5. The van der Waals surface area contributed by atoms with E-state index in [2.05, 4.69) is 10.3 Å². The van der Waals surface area contributed by atoms with Crippen molar-refractivity contribution in [2.24, 2.45) is 0 Å². The Morgan fingerprint density at radius 2 is 1.96 bits per heavy atom. The van der Waals surface area contributed by atoms with Gasteiger partial charge in [-0.3, -0.25) is 9.78 Å². The summed E-state index contributed by atoms with van der Waals surface area (Å²) in [7, 11) is 0. The fourth-order valence-corrected chi connectivity index (χ4v) is 2.87. The van der Waals surface area contributed by atoms with Crippen molar-refractivity contribution in [1.82, 2.24) is 4.98 Å². The molecular formula is C19H16N2O4. The first-order chi connectivity index (χ1) is 12.2. The molecule has 0 radical (unpaired) electrons. The molecule has 6 heteroatoms. The molecule has 1 aliphatic rings. The summed E-state index contributed by atoms with van der Waals surface area (Å²) in [6, 6.07) is 15.3. The van der Waals surface area contributed by atoms with Crippen LogP contribution in [0.15, 0.2) is 48.5 Å². The van der Waals surface area contributed by atoms with Crippen LogP contribution in [0.3, 0.4) is 0 Å². The van der Waals surface area contributed by atoms with Gasteiger partial charge < -0.3 is 19.9 Å². The van der Waals surface area contributed by atoms with Crippen LogP contribution in [0.1, 0.15) is 11.3 Å². The molecule has 126 valence electrons. The number of para-hydroxylation sites is 1. The Kier molecular flexibility index (Phi) is 3.85. The number of ether oxygens (including phenoxy) is 2. The van der Waals surface area contributed by atoms with Gasteiger partial charge in [-0.25, -0.2) is 0 Å². The van der Waals surface area contributed by atoms with Crippen molar-refractivity contribution >= 4 is 22.6 Å². The molecular weight excluding hydrogens is 320 g/mol. The fraction of sp³-hybridized carbons (Fsp3) is 0.158. The smallest absolute Gasteiger partial charge is 0.309 e. The summed E-state index contributed by atoms with van der Waals surface area (Å²) in [6.07, 6.45) is -0.108. The van der Waals surface area contributed by atoms with Crippen LogP contribution in [0.25, 0.3) is 10.9 Å². The van der Waals surface area contributed by atoms with Crippen molar-refractivity contribution in [3.63, 3.8) is 0 Å². The number of benzene rings is 2. The summed E-state index contributed by atoms with van der Waals surface area (Å²) < 4.78 is 10.7. The van der Waals surface area contributed by atoms with E-state index in [4.69, 9.17) is 14.6 Å². The minimum Gasteiger partial charge on any atom is -0.481 e. The van der Waals surface area contributed by atoms with Crippen molar-refractivity contribution in [3.8, 4) is 11.5 Å². The Balaban J connectivity index is 1.62. The third kappa shape index (κ3) is 3.19. The first kappa shape index (κ1) is 15.3. The number of rotatable bonds is 5. The second kappa shape index (κ2) is 6.32. The van der Waals surface area contributed by atoms with E-state index in [1.165, 1.54) is 0 Å². The van der Waals surface area contributed by atoms with Gasteiger partial charge >= 0.3 is 5.97 Å². The van der Waals surface area contributed by atoms with E-state index in [1.807, 2.05) is 42.5 Å². The van der Waals surface area contributed by atoms with Gasteiger partial charge in [-0.1, -0.05) is 24.3 Å². The molecule has 1 aliphatic heterocycles. The fourth-order valence-electron chi connectivity index (χ4n) is 2.87. The number of nitrogens with one attached hydrogen (secondary N) is 1. The quantitative estimate of drug-likeness (QED) is 0.745. The first-order valence-corrected chi connectivity index (χ1v) is 7.92. The highest BCUT2D eigenvalue weighted by Gasteiger charge is 2.13. The van der Waals surface area contributed by atoms with Crippen molar-refractivity contribution < 1.29 is 19.4 Å². The summed E-state index contributed by atoms with van der Waals surface area (Å²) in [5.41, 5.74) is 3.21.